The smallest absolute Gasteiger partial charge is 0.127 e. The van der Waals surface area contributed by atoms with Gasteiger partial charge in [0, 0.05) is 19.8 Å². The third kappa shape index (κ3) is 3.61. The van der Waals surface area contributed by atoms with Gasteiger partial charge in [-0.25, -0.2) is 0 Å². The summed E-state index contributed by atoms with van der Waals surface area (Å²) in [5.74, 6) is 1.54. The van der Waals surface area contributed by atoms with E-state index in [2.05, 4.69) is 0 Å². The summed E-state index contributed by atoms with van der Waals surface area (Å²) < 4.78 is 15.7. The summed E-state index contributed by atoms with van der Waals surface area (Å²) in [6, 6.07) is 5.58. The molecule has 1 rings (SSSR count). The largest absolute Gasteiger partial charge is 0.496 e. The van der Waals surface area contributed by atoms with Gasteiger partial charge in [0.05, 0.1) is 19.8 Å². The van der Waals surface area contributed by atoms with Gasteiger partial charge in [-0.1, -0.05) is 6.07 Å². The standard InChI is InChI=1S/C13H21NO3/c1-15-9-5-6-10(14)13-11(16-2)7-4-8-12(13)17-3/h4,7-8,10H,5-6,9,14H2,1-3H3. The molecule has 0 aliphatic rings. The van der Waals surface area contributed by atoms with E-state index in [4.69, 9.17) is 19.9 Å². The van der Waals surface area contributed by atoms with Crippen LogP contribution in [-0.4, -0.2) is 27.9 Å². The molecule has 0 fully saturated rings. The third-order valence-corrected chi connectivity index (χ3v) is 2.70. The second kappa shape index (κ2) is 7.14. The molecule has 0 aliphatic carbocycles. The molecule has 96 valence electrons. The van der Waals surface area contributed by atoms with Crippen molar-refractivity contribution in [3.8, 4) is 11.5 Å². The number of hydrogen-bond donors (Lipinski definition) is 1. The fourth-order valence-corrected chi connectivity index (χ4v) is 1.84. The lowest BCUT2D eigenvalue weighted by atomic mass is 10.0. The number of hydrogen-bond acceptors (Lipinski definition) is 4. The first kappa shape index (κ1) is 13.8. The van der Waals surface area contributed by atoms with Crippen molar-refractivity contribution in [2.75, 3.05) is 27.9 Å². The van der Waals surface area contributed by atoms with Crippen molar-refractivity contribution in [1.82, 2.24) is 0 Å². The number of benzene rings is 1. The van der Waals surface area contributed by atoms with Crippen molar-refractivity contribution in [2.24, 2.45) is 5.73 Å². The van der Waals surface area contributed by atoms with Gasteiger partial charge in [-0.15, -0.1) is 0 Å². The van der Waals surface area contributed by atoms with E-state index in [9.17, 15) is 0 Å². The lowest BCUT2D eigenvalue weighted by Gasteiger charge is -2.18. The maximum absolute atomic E-state index is 6.17. The molecule has 4 heteroatoms. The van der Waals surface area contributed by atoms with Crippen LogP contribution < -0.4 is 15.2 Å². The third-order valence-electron chi connectivity index (χ3n) is 2.70. The number of ether oxygens (including phenoxy) is 3. The Balaban J connectivity index is 2.85. The molecular weight excluding hydrogens is 218 g/mol. The van der Waals surface area contributed by atoms with Crippen LogP contribution in [0.3, 0.4) is 0 Å². The Labute approximate surface area is 103 Å². The van der Waals surface area contributed by atoms with E-state index in [1.165, 1.54) is 0 Å². The zero-order valence-corrected chi connectivity index (χ0v) is 10.7. The first-order valence-electron chi connectivity index (χ1n) is 5.70. The molecule has 1 atom stereocenters. The predicted molar refractivity (Wildman–Crippen MR) is 67.6 cm³/mol. The zero-order chi connectivity index (χ0) is 12.7. The van der Waals surface area contributed by atoms with Crippen LogP contribution in [0.15, 0.2) is 18.2 Å². The van der Waals surface area contributed by atoms with Gasteiger partial charge in [0.15, 0.2) is 0 Å². The Morgan fingerprint density at radius 2 is 1.71 bits per heavy atom. The number of methoxy groups -OCH3 is 3. The zero-order valence-electron chi connectivity index (χ0n) is 10.7. The van der Waals surface area contributed by atoms with Crippen molar-refractivity contribution in [3.63, 3.8) is 0 Å². The Bertz CT molecular complexity index is 319. The topological polar surface area (TPSA) is 53.7 Å². The molecule has 0 aliphatic heterocycles. The van der Waals surface area contributed by atoms with Crippen LogP contribution in [0.4, 0.5) is 0 Å². The molecule has 0 saturated heterocycles. The van der Waals surface area contributed by atoms with Gasteiger partial charge in [0.2, 0.25) is 0 Å². The van der Waals surface area contributed by atoms with Gasteiger partial charge in [0.1, 0.15) is 11.5 Å². The molecule has 0 amide bonds. The molecule has 0 spiro atoms. The second-order valence-corrected chi connectivity index (χ2v) is 3.82. The lowest BCUT2D eigenvalue weighted by Crippen LogP contribution is -2.13. The van der Waals surface area contributed by atoms with Crippen molar-refractivity contribution in [1.29, 1.82) is 0 Å². The van der Waals surface area contributed by atoms with Crippen LogP contribution in [0.2, 0.25) is 0 Å². The maximum Gasteiger partial charge on any atom is 0.127 e. The predicted octanol–water partition coefficient (Wildman–Crippen LogP) is 2.13. The van der Waals surface area contributed by atoms with Gasteiger partial charge in [-0.2, -0.15) is 0 Å². The molecule has 0 bridgehead atoms. The van der Waals surface area contributed by atoms with Crippen molar-refractivity contribution >= 4 is 0 Å². The highest BCUT2D eigenvalue weighted by molar-refractivity contribution is 5.46. The Morgan fingerprint density at radius 3 is 2.18 bits per heavy atom. The summed E-state index contributed by atoms with van der Waals surface area (Å²) >= 11 is 0. The molecular formula is C13H21NO3. The van der Waals surface area contributed by atoms with E-state index in [-0.39, 0.29) is 6.04 Å². The van der Waals surface area contributed by atoms with E-state index in [0.29, 0.717) is 6.61 Å². The summed E-state index contributed by atoms with van der Waals surface area (Å²) in [7, 11) is 4.97. The molecule has 4 nitrogen and oxygen atoms in total. The highest BCUT2D eigenvalue weighted by Gasteiger charge is 2.16. The number of nitrogens with two attached hydrogens (primary N) is 1. The second-order valence-electron chi connectivity index (χ2n) is 3.82. The van der Waals surface area contributed by atoms with E-state index >= 15 is 0 Å². The molecule has 1 aromatic carbocycles. The summed E-state index contributed by atoms with van der Waals surface area (Å²) in [5.41, 5.74) is 7.10. The minimum atomic E-state index is -0.101. The highest BCUT2D eigenvalue weighted by Crippen LogP contribution is 2.34. The minimum absolute atomic E-state index is 0.101. The molecule has 1 unspecified atom stereocenters. The van der Waals surface area contributed by atoms with Crippen LogP contribution in [0.5, 0.6) is 11.5 Å². The average molecular weight is 239 g/mol. The SMILES string of the molecule is COCCCC(N)c1c(OC)cccc1OC. The van der Waals surface area contributed by atoms with Crippen molar-refractivity contribution in [2.45, 2.75) is 18.9 Å². The molecule has 1 aromatic rings. The fourth-order valence-electron chi connectivity index (χ4n) is 1.84. The summed E-state index contributed by atoms with van der Waals surface area (Å²) in [4.78, 5) is 0. The van der Waals surface area contributed by atoms with E-state index in [0.717, 1.165) is 29.9 Å². The minimum Gasteiger partial charge on any atom is -0.496 e. The molecule has 0 saturated carbocycles. The quantitative estimate of drug-likeness (QED) is 0.741. The van der Waals surface area contributed by atoms with Gasteiger partial charge in [-0.3, -0.25) is 0 Å². The Hall–Kier alpha value is -1.26. The normalized spacial score (nSPS) is 12.2. The molecule has 17 heavy (non-hydrogen) atoms. The first-order valence-corrected chi connectivity index (χ1v) is 5.70. The van der Waals surface area contributed by atoms with Crippen LogP contribution >= 0.6 is 0 Å². The van der Waals surface area contributed by atoms with Gasteiger partial charge in [-0.05, 0) is 25.0 Å². The highest BCUT2D eigenvalue weighted by atomic mass is 16.5. The first-order chi connectivity index (χ1) is 8.24. The van der Waals surface area contributed by atoms with E-state index in [1.54, 1.807) is 21.3 Å². The van der Waals surface area contributed by atoms with Crippen molar-refractivity contribution < 1.29 is 14.2 Å². The monoisotopic (exact) mass is 239 g/mol. The molecule has 0 aromatic heterocycles. The lowest BCUT2D eigenvalue weighted by molar-refractivity contribution is 0.190. The average Bonchev–Trinajstić information content (AvgIpc) is 2.37. The Kier molecular flexibility index (Phi) is 5.80. The molecule has 2 N–H and O–H groups in total. The van der Waals surface area contributed by atoms with Crippen LogP contribution in [0.1, 0.15) is 24.4 Å². The van der Waals surface area contributed by atoms with Crippen LogP contribution in [0, 0.1) is 0 Å². The summed E-state index contributed by atoms with van der Waals surface area (Å²) in [6.45, 7) is 0.713. The van der Waals surface area contributed by atoms with Gasteiger partial charge < -0.3 is 19.9 Å². The fraction of sp³-hybridized carbons (Fsp3) is 0.538. The van der Waals surface area contributed by atoms with Crippen LogP contribution in [0.25, 0.3) is 0 Å². The van der Waals surface area contributed by atoms with Gasteiger partial charge in [0.25, 0.3) is 0 Å². The van der Waals surface area contributed by atoms with Crippen LogP contribution in [-0.2, 0) is 4.74 Å². The Morgan fingerprint density at radius 1 is 1.12 bits per heavy atom. The van der Waals surface area contributed by atoms with Gasteiger partial charge >= 0.3 is 0 Å². The number of rotatable bonds is 7. The molecule has 0 radical (unpaired) electrons. The summed E-state index contributed by atoms with van der Waals surface area (Å²) in [5, 5.41) is 0. The molecule has 0 heterocycles. The maximum atomic E-state index is 6.17. The van der Waals surface area contributed by atoms with Crippen molar-refractivity contribution in [3.05, 3.63) is 23.8 Å². The van der Waals surface area contributed by atoms with E-state index in [1.807, 2.05) is 18.2 Å². The summed E-state index contributed by atoms with van der Waals surface area (Å²) in [6.07, 6.45) is 1.75. The van der Waals surface area contributed by atoms with E-state index < -0.39 is 0 Å².